The van der Waals surface area contributed by atoms with Crippen molar-refractivity contribution in [2.75, 3.05) is 0 Å². The maximum Gasteiger partial charge on any atom is 0.167 e. The summed E-state index contributed by atoms with van der Waals surface area (Å²) in [5.41, 5.74) is 3.50. The molecule has 0 aliphatic rings. The normalized spacial score (nSPS) is 12.1. The number of rotatable bonds is 4. The third kappa shape index (κ3) is 2.73. The Labute approximate surface area is 136 Å². The third-order valence-electron chi connectivity index (χ3n) is 3.39. The highest BCUT2D eigenvalue weighted by molar-refractivity contribution is 6.36. The minimum Gasteiger partial charge on any atom is -0.277 e. The van der Waals surface area contributed by atoms with Gasteiger partial charge < -0.3 is 0 Å². The van der Waals surface area contributed by atoms with Crippen LogP contribution in [0.15, 0.2) is 67.5 Å². The molecule has 2 heterocycles. The van der Waals surface area contributed by atoms with Crippen molar-refractivity contribution in [3.8, 4) is 11.4 Å². The maximum absolute atomic E-state index is 5.98. The van der Waals surface area contributed by atoms with E-state index in [0.717, 1.165) is 17.1 Å². The molecule has 3 rings (SSSR count). The van der Waals surface area contributed by atoms with Crippen LogP contribution in [0, 0.1) is 0 Å². The number of hydrogen-bond donors (Lipinski definition) is 0. The fourth-order valence-corrected chi connectivity index (χ4v) is 2.43. The van der Waals surface area contributed by atoms with Gasteiger partial charge in [0.15, 0.2) is 5.65 Å². The van der Waals surface area contributed by atoms with Crippen molar-refractivity contribution in [1.82, 2.24) is 19.5 Å². The van der Waals surface area contributed by atoms with Crippen molar-refractivity contribution in [3.05, 3.63) is 67.5 Å². The first-order chi connectivity index (χ1) is 11.3. The molecule has 2 aromatic heterocycles. The Kier molecular flexibility index (Phi) is 4.19. The number of hydrogen-bond acceptors (Lipinski definition) is 3. The Hall–Kier alpha value is -2.95. The molecule has 0 saturated carbocycles. The fraction of sp³-hybridized carbons (Fsp3) is 0.0556. The summed E-state index contributed by atoms with van der Waals surface area (Å²) in [6.07, 6.45) is 9.03. The lowest BCUT2D eigenvalue weighted by molar-refractivity contribution is 1.10. The largest absolute Gasteiger partial charge is 0.277 e. The van der Waals surface area contributed by atoms with Gasteiger partial charge in [-0.15, -0.1) is 0 Å². The van der Waals surface area contributed by atoms with Crippen LogP contribution >= 0.6 is 0 Å². The highest BCUT2D eigenvalue weighted by Gasteiger charge is 2.16. The minimum absolute atomic E-state index is 0.365. The quantitative estimate of drug-likeness (QED) is 0.549. The standard InChI is InChI=1S/C18H15BN4/c1-3-8-14(9-4-2)23-17(13-10-6-5-7-11-13)22-15-16(19)20-12-21-18(15)23/h3-12H,1H2,2H3/b9-4-,14-8+. The van der Waals surface area contributed by atoms with E-state index in [9.17, 15) is 0 Å². The average molecular weight is 298 g/mol. The van der Waals surface area contributed by atoms with Crippen molar-refractivity contribution in [2.24, 2.45) is 0 Å². The van der Waals surface area contributed by atoms with Gasteiger partial charge >= 0.3 is 0 Å². The van der Waals surface area contributed by atoms with Gasteiger partial charge in [0, 0.05) is 16.9 Å². The SMILES string of the molecule is [B]c1ncnc2c1nc(-c1ccccc1)n2C(/C=C\C)=C/C=C. The number of allylic oxidation sites excluding steroid dienone is 5. The van der Waals surface area contributed by atoms with E-state index in [2.05, 4.69) is 21.5 Å². The summed E-state index contributed by atoms with van der Waals surface area (Å²) >= 11 is 0. The molecule has 0 N–H and O–H groups in total. The molecule has 0 aliphatic carbocycles. The van der Waals surface area contributed by atoms with Crippen LogP contribution in [0.3, 0.4) is 0 Å². The van der Waals surface area contributed by atoms with Gasteiger partial charge in [0.25, 0.3) is 0 Å². The molecule has 1 aromatic carbocycles. The highest BCUT2D eigenvalue weighted by Crippen LogP contribution is 2.26. The molecule has 0 spiro atoms. The predicted octanol–water partition coefficient (Wildman–Crippen LogP) is 2.89. The zero-order chi connectivity index (χ0) is 16.2. The van der Waals surface area contributed by atoms with Crippen molar-refractivity contribution in [1.29, 1.82) is 0 Å². The van der Waals surface area contributed by atoms with Crippen LogP contribution < -0.4 is 5.59 Å². The van der Waals surface area contributed by atoms with E-state index in [1.165, 1.54) is 6.33 Å². The summed E-state index contributed by atoms with van der Waals surface area (Å²) < 4.78 is 1.96. The Morgan fingerprint density at radius 1 is 1.22 bits per heavy atom. The Morgan fingerprint density at radius 3 is 2.70 bits per heavy atom. The van der Waals surface area contributed by atoms with E-state index in [0.29, 0.717) is 16.8 Å². The van der Waals surface area contributed by atoms with Crippen LogP contribution in [-0.2, 0) is 0 Å². The molecule has 0 saturated heterocycles. The molecule has 0 amide bonds. The molecular formula is C18H15BN4. The summed E-state index contributed by atoms with van der Waals surface area (Å²) in [4.78, 5) is 13.1. The molecule has 5 heteroatoms. The highest BCUT2D eigenvalue weighted by atomic mass is 15.1. The lowest BCUT2D eigenvalue weighted by atomic mass is 10.0. The molecule has 110 valence electrons. The fourth-order valence-electron chi connectivity index (χ4n) is 2.43. The van der Waals surface area contributed by atoms with Crippen LogP contribution in [-0.4, -0.2) is 27.4 Å². The van der Waals surface area contributed by atoms with Crippen molar-refractivity contribution >= 4 is 30.3 Å². The molecule has 0 bridgehead atoms. The average Bonchev–Trinajstić information content (AvgIpc) is 2.96. The smallest absolute Gasteiger partial charge is 0.167 e. The van der Waals surface area contributed by atoms with Gasteiger partial charge in [0.05, 0.1) is 0 Å². The van der Waals surface area contributed by atoms with Gasteiger partial charge in [-0.1, -0.05) is 49.1 Å². The molecule has 4 nitrogen and oxygen atoms in total. The number of nitrogens with zero attached hydrogens (tertiary/aromatic N) is 4. The van der Waals surface area contributed by atoms with Gasteiger partial charge in [-0.25, -0.2) is 9.97 Å². The Bertz CT molecular complexity index is 907. The molecule has 3 aromatic rings. The van der Waals surface area contributed by atoms with Gasteiger partial charge in [-0.3, -0.25) is 9.55 Å². The van der Waals surface area contributed by atoms with Crippen molar-refractivity contribution in [3.63, 3.8) is 0 Å². The van der Waals surface area contributed by atoms with E-state index in [-0.39, 0.29) is 0 Å². The molecule has 0 unspecified atom stereocenters. The van der Waals surface area contributed by atoms with Crippen LogP contribution in [0.25, 0.3) is 28.2 Å². The third-order valence-corrected chi connectivity index (χ3v) is 3.39. The van der Waals surface area contributed by atoms with E-state index >= 15 is 0 Å². The summed E-state index contributed by atoms with van der Waals surface area (Å²) in [5, 5.41) is 0. The minimum atomic E-state index is 0.365. The summed E-state index contributed by atoms with van der Waals surface area (Å²) in [6, 6.07) is 9.92. The summed E-state index contributed by atoms with van der Waals surface area (Å²) in [5.74, 6) is 0.763. The molecule has 0 fully saturated rings. The van der Waals surface area contributed by atoms with Crippen LogP contribution in [0.2, 0.25) is 0 Å². The van der Waals surface area contributed by atoms with Crippen LogP contribution in [0.5, 0.6) is 0 Å². The zero-order valence-electron chi connectivity index (χ0n) is 12.8. The zero-order valence-corrected chi connectivity index (χ0v) is 12.8. The predicted molar refractivity (Wildman–Crippen MR) is 95.4 cm³/mol. The maximum atomic E-state index is 5.98. The van der Waals surface area contributed by atoms with Gasteiger partial charge in [0.2, 0.25) is 0 Å². The van der Waals surface area contributed by atoms with E-state index in [1.807, 2.05) is 60.1 Å². The van der Waals surface area contributed by atoms with Gasteiger partial charge in [0.1, 0.15) is 25.5 Å². The van der Waals surface area contributed by atoms with Crippen molar-refractivity contribution in [2.45, 2.75) is 6.92 Å². The molecule has 0 aliphatic heterocycles. The number of aromatic nitrogens is 4. The van der Waals surface area contributed by atoms with Gasteiger partial charge in [-0.05, 0) is 19.1 Å². The second-order valence-corrected chi connectivity index (χ2v) is 4.90. The number of fused-ring (bicyclic) bond motifs is 1. The summed E-state index contributed by atoms with van der Waals surface area (Å²) in [6.45, 7) is 5.75. The number of benzene rings is 1. The molecular weight excluding hydrogens is 283 g/mol. The Morgan fingerprint density at radius 2 is 2.00 bits per heavy atom. The number of imidazole rings is 1. The van der Waals surface area contributed by atoms with E-state index in [4.69, 9.17) is 7.85 Å². The lowest BCUT2D eigenvalue weighted by Gasteiger charge is -2.09. The topological polar surface area (TPSA) is 43.6 Å². The van der Waals surface area contributed by atoms with Crippen molar-refractivity contribution < 1.29 is 0 Å². The first-order valence-electron chi connectivity index (χ1n) is 7.26. The monoisotopic (exact) mass is 298 g/mol. The molecule has 2 radical (unpaired) electrons. The molecule has 23 heavy (non-hydrogen) atoms. The second kappa shape index (κ2) is 6.44. The lowest BCUT2D eigenvalue weighted by Crippen LogP contribution is -2.10. The van der Waals surface area contributed by atoms with E-state index < -0.39 is 0 Å². The van der Waals surface area contributed by atoms with Crippen LogP contribution in [0.1, 0.15) is 6.92 Å². The van der Waals surface area contributed by atoms with Gasteiger partial charge in [-0.2, -0.15) is 0 Å². The van der Waals surface area contributed by atoms with Crippen LogP contribution in [0.4, 0.5) is 0 Å². The first kappa shape index (κ1) is 15.0. The van der Waals surface area contributed by atoms with E-state index in [1.54, 1.807) is 6.08 Å². The molecule has 0 atom stereocenters. The Balaban J connectivity index is 2.39. The summed E-state index contributed by atoms with van der Waals surface area (Å²) in [7, 11) is 5.98. The first-order valence-corrected chi connectivity index (χ1v) is 7.26. The second-order valence-electron chi connectivity index (χ2n) is 4.90.